The Hall–Kier alpha value is -5.17. The van der Waals surface area contributed by atoms with Crippen LogP contribution in [0.5, 0.6) is 0 Å². The lowest BCUT2D eigenvalue weighted by molar-refractivity contribution is 1.26. The molecule has 0 atom stereocenters. The molecule has 0 N–H and O–H groups in total. The van der Waals surface area contributed by atoms with E-state index >= 15 is 0 Å². The van der Waals surface area contributed by atoms with Crippen molar-refractivity contribution in [2.75, 3.05) is 9.80 Å². The molecule has 54 heavy (non-hydrogen) atoms. The van der Waals surface area contributed by atoms with Crippen LogP contribution in [-0.4, -0.2) is 16.1 Å². The van der Waals surface area contributed by atoms with Crippen LogP contribution < -0.4 is 20.2 Å². The van der Waals surface area contributed by atoms with E-state index in [1.165, 1.54) is 99.1 Å². The van der Waals surface area contributed by atoms with E-state index in [9.17, 15) is 0 Å². The lowest BCUT2D eigenvalue weighted by Crippen LogP contribution is -2.37. The maximum atomic E-state index is 2.47. The number of rotatable bonds is 8. The van der Waals surface area contributed by atoms with Gasteiger partial charge in [0.1, 0.15) is 0 Å². The highest BCUT2D eigenvalue weighted by atomic mass is 28.3. The van der Waals surface area contributed by atoms with Gasteiger partial charge >= 0.3 is 0 Å². The molecular formula is C50H52N2Si2. The van der Waals surface area contributed by atoms with Crippen molar-refractivity contribution in [2.24, 2.45) is 0 Å². The Labute approximate surface area is 324 Å². The molecule has 8 aromatic carbocycles. The van der Waals surface area contributed by atoms with Crippen molar-refractivity contribution in [3.63, 3.8) is 0 Å². The summed E-state index contributed by atoms with van der Waals surface area (Å²) >= 11 is 0. The molecular weight excluding hydrogens is 685 g/mol. The summed E-state index contributed by atoms with van der Waals surface area (Å²) in [5.74, 6) is 0. The Kier molecular flexibility index (Phi) is 8.82. The normalized spacial score (nSPS) is 12.3. The van der Waals surface area contributed by atoms with Crippen LogP contribution in [0, 0.1) is 27.7 Å². The summed E-state index contributed by atoms with van der Waals surface area (Å²) in [4.78, 5) is 4.95. The SMILES string of the molecule is Cc1cc(C)cc(N(c2ccc([Si](C)(C)C)cc2)c2ccc3ccc4c(N(c5ccc([Si](C)(C)C)cc5)c5cc(C)cc(C)c5)ccc5ccc2c3c54)c1. The largest absolute Gasteiger partial charge is 0.310 e. The molecule has 0 spiro atoms. The fourth-order valence-corrected chi connectivity index (χ4v) is 10.7. The minimum atomic E-state index is -1.46. The molecule has 0 amide bonds. The first-order valence-electron chi connectivity index (χ1n) is 19.3. The average molecular weight is 737 g/mol. The van der Waals surface area contributed by atoms with Crippen LogP contribution in [0.3, 0.4) is 0 Å². The van der Waals surface area contributed by atoms with Gasteiger partial charge in [0.05, 0.1) is 27.5 Å². The minimum absolute atomic E-state index is 1.18. The molecule has 0 aliphatic carbocycles. The first-order valence-corrected chi connectivity index (χ1v) is 26.3. The Morgan fingerprint density at radius 3 is 0.963 bits per heavy atom. The highest BCUT2D eigenvalue weighted by Gasteiger charge is 2.24. The summed E-state index contributed by atoms with van der Waals surface area (Å²) in [6.45, 7) is 23.3. The Morgan fingerprint density at radius 2 is 0.648 bits per heavy atom. The lowest BCUT2D eigenvalue weighted by atomic mass is 9.91. The summed E-state index contributed by atoms with van der Waals surface area (Å²) in [6, 6.07) is 51.2. The molecule has 8 rings (SSSR count). The average Bonchev–Trinajstić information content (AvgIpc) is 3.11. The maximum Gasteiger partial charge on any atom is 0.0775 e. The number of nitrogens with zero attached hydrogens (tertiary/aromatic N) is 2. The van der Waals surface area contributed by atoms with Crippen molar-refractivity contribution in [3.8, 4) is 0 Å². The molecule has 0 radical (unpaired) electrons. The lowest BCUT2D eigenvalue weighted by Gasteiger charge is -2.30. The predicted molar refractivity (Wildman–Crippen MR) is 244 cm³/mol. The second-order valence-electron chi connectivity index (χ2n) is 17.5. The van der Waals surface area contributed by atoms with Gasteiger partial charge in [-0.3, -0.25) is 0 Å². The topological polar surface area (TPSA) is 6.48 Å². The van der Waals surface area contributed by atoms with Crippen molar-refractivity contribution in [1.29, 1.82) is 0 Å². The van der Waals surface area contributed by atoms with Crippen molar-refractivity contribution < 1.29 is 0 Å². The quantitative estimate of drug-likeness (QED) is 0.113. The molecule has 8 aromatic rings. The maximum absolute atomic E-state index is 2.47. The number of aryl methyl sites for hydroxylation is 4. The molecule has 4 heteroatoms. The highest BCUT2D eigenvalue weighted by molar-refractivity contribution is 6.89. The van der Waals surface area contributed by atoms with Crippen LogP contribution >= 0.6 is 0 Å². The molecule has 0 bridgehead atoms. The molecule has 0 saturated heterocycles. The summed E-state index contributed by atoms with van der Waals surface area (Å²) in [7, 11) is -2.92. The van der Waals surface area contributed by atoms with Crippen molar-refractivity contribution in [3.05, 3.63) is 156 Å². The summed E-state index contributed by atoms with van der Waals surface area (Å²) in [5.41, 5.74) is 12.2. The number of hydrogen-bond donors (Lipinski definition) is 0. The van der Waals surface area contributed by atoms with Crippen LogP contribution in [0.15, 0.2) is 133 Å². The predicted octanol–water partition coefficient (Wildman–Crippen LogP) is 13.8. The van der Waals surface area contributed by atoms with Gasteiger partial charge in [-0.1, -0.05) is 122 Å². The third kappa shape index (κ3) is 6.52. The van der Waals surface area contributed by atoms with Crippen LogP contribution in [-0.2, 0) is 0 Å². The van der Waals surface area contributed by atoms with E-state index in [0.717, 1.165) is 0 Å². The first-order chi connectivity index (χ1) is 25.7. The molecule has 270 valence electrons. The third-order valence-corrected chi connectivity index (χ3v) is 15.1. The smallest absolute Gasteiger partial charge is 0.0775 e. The van der Waals surface area contributed by atoms with Crippen LogP contribution in [0.1, 0.15) is 22.3 Å². The second kappa shape index (κ2) is 13.3. The monoisotopic (exact) mass is 736 g/mol. The molecule has 2 nitrogen and oxygen atoms in total. The standard InChI is InChI=1S/C50H52N2Si2/c1-33-27-34(2)30-41(29-33)51(39-15-19-43(20-16-39)53(5,6)7)47-25-13-37-12-24-46-48(26-14-38-11-23-45(47)49(37)50(38)46)52(42-31-35(3)28-36(4)32-42)40-17-21-44(22-18-40)54(8,9)10/h11-32H,1-10H3. The van der Waals surface area contributed by atoms with Gasteiger partial charge in [-0.25, -0.2) is 0 Å². The van der Waals surface area contributed by atoms with E-state index in [-0.39, 0.29) is 0 Å². The number of hydrogen-bond acceptors (Lipinski definition) is 2. The van der Waals surface area contributed by atoms with E-state index in [1.807, 2.05) is 0 Å². The Balaban J connectivity index is 1.38. The fraction of sp³-hybridized carbons (Fsp3) is 0.200. The van der Waals surface area contributed by atoms with Crippen LogP contribution in [0.2, 0.25) is 39.3 Å². The zero-order valence-electron chi connectivity index (χ0n) is 33.6. The highest BCUT2D eigenvalue weighted by Crippen LogP contribution is 2.47. The van der Waals surface area contributed by atoms with Gasteiger partial charge in [0, 0.05) is 33.5 Å². The summed E-state index contributed by atoms with van der Waals surface area (Å²) in [6.07, 6.45) is 0. The van der Waals surface area contributed by atoms with E-state index < -0.39 is 16.1 Å². The van der Waals surface area contributed by atoms with Crippen LogP contribution in [0.4, 0.5) is 34.1 Å². The molecule has 0 saturated carbocycles. The van der Waals surface area contributed by atoms with Gasteiger partial charge in [-0.15, -0.1) is 0 Å². The molecule has 0 aliphatic rings. The van der Waals surface area contributed by atoms with E-state index in [2.05, 4.69) is 210 Å². The van der Waals surface area contributed by atoms with Gasteiger partial charge < -0.3 is 9.80 Å². The zero-order chi connectivity index (χ0) is 38.1. The van der Waals surface area contributed by atoms with Crippen molar-refractivity contribution in [1.82, 2.24) is 0 Å². The van der Waals surface area contributed by atoms with E-state index in [0.29, 0.717) is 0 Å². The summed E-state index contributed by atoms with van der Waals surface area (Å²) in [5, 5.41) is 10.6. The molecule has 0 unspecified atom stereocenters. The van der Waals surface area contributed by atoms with E-state index in [1.54, 1.807) is 0 Å². The summed E-state index contributed by atoms with van der Waals surface area (Å²) < 4.78 is 0. The Morgan fingerprint density at radius 1 is 0.333 bits per heavy atom. The van der Waals surface area contributed by atoms with Crippen molar-refractivity contribution in [2.45, 2.75) is 67.0 Å². The number of anilines is 6. The van der Waals surface area contributed by atoms with Gasteiger partial charge in [0.25, 0.3) is 0 Å². The van der Waals surface area contributed by atoms with Gasteiger partial charge in [-0.05, 0) is 132 Å². The minimum Gasteiger partial charge on any atom is -0.310 e. The molecule has 0 heterocycles. The fourth-order valence-electron chi connectivity index (χ4n) is 8.40. The second-order valence-corrected chi connectivity index (χ2v) is 27.7. The molecule has 0 aliphatic heterocycles. The Bertz CT molecular complexity index is 2430. The van der Waals surface area contributed by atoms with Crippen molar-refractivity contribution >= 4 is 93.0 Å². The zero-order valence-corrected chi connectivity index (χ0v) is 35.6. The van der Waals surface area contributed by atoms with Gasteiger partial charge in [0.15, 0.2) is 0 Å². The van der Waals surface area contributed by atoms with Crippen LogP contribution in [0.25, 0.3) is 32.3 Å². The van der Waals surface area contributed by atoms with Gasteiger partial charge in [-0.2, -0.15) is 0 Å². The number of benzene rings is 8. The molecule has 0 fully saturated rings. The van der Waals surface area contributed by atoms with Gasteiger partial charge in [0.2, 0.25) is 0 Å². The first kappa shape index (κ1) is 35.8. The molecule has 0 aromatic heterocycles. The van der Waals surface area contributed by atoms with E-state index in [4.69, 9.17) is 0 Å². The third-order valence-electron chi connectivity index (χ3n) is 11.0.